The summed E-state index contributed by atoms with van der Waals surface area (Å²) in [6.07, 6.45) is 1.39. The number of amides is 1. The first-order valence-corrected chi connectivity index (χ1v) is 6.06. The molecule has 0 saturated carbocycles. The summed E-state index contributed by atoms with van der Waals surface area (Å²) >= 11 is 0. The molecule has 2 rings (SSSR count). The van der Waals surface area contributed by atoms with E-state index in [0.717, 1.165) is 11.0 Å². The molecular weight excluding hydrogens is 280 g/mol. The SMILES string of the molecule is CN1C(=O)C(c2cc(=O)[nH]c(=O)[nH]2)N(C)CC=C1C(=O)O. The number of carboxylic acids is 1. The van der Waals surface area contributed by atoms with Crippen LogP contribution >= 0.6 is 0 Å². The monoisotopic (exact) mass is 294 g/mol. The quantitative estimate of drug-likeness (QED) is 0.608. The highest BCUT2D eigenvalue weighted by molar-refractivity contribution is 5.95. The molecule has 1 atom stereocenters. The van der Waals surface area contributed by atoms with Gasteiger partial charge >= 0.3 is 11.7 Å². The van der Waals surface area contributed by atoms with Crippen molar-refractivity contribution in [2.75, 3.05) is 20.6 Å². The van der Waals surface area contributed by atoms with Crippen LogP contribution in [0.4, 0.5) is 0 Å². The van der Waals surface area contributed by atoms with Crippen LogP contribution in [-0.4, -0.2) is 57.4 Å². The zero-order chi connectivity index (χ0) is 15.7. The van der Waals surface area contributed by atoms with Crippen LogP contribution in [0, 0.1) is 0 Å². The number of hydrogen-bond donors (Lipinski definition) is 3. The van der Waals surface area contributed by atoms with Gasteiger partial charge in [0.25, 0.3) is 5.56 Å². The summed E-state index contributed by atoms with van der Waals surface area (Å²) in [7, 11) is 2.93. The van der Waals surface area contributed by atoms with Crippen LogP contribution < -0.4 is 11.2 Å². The zero-order valence-electron chi connectivity index (χ0n) is 11.4. The number of aromatic nitrogens is 2. The molecular formula is C12H14N4O5. The summed E-state index contributed by atoms with van der Waals surface area (Å²) in [6.45, 7) is 0.178. The fourth-order valence-corrected chi connectivity index (χ4v) is 2.20. The highest BCUT2D eigenvalue weighted by Crippen LogP contribution is 2.23. The van der Waals surface area contributed by atoms with Crippen molar-refractivity contribution in [1.82, 2.24) is 19.8 Å². The van der Waals surface area contributed by atoms with E-state index in [9.17, 15) is 19.2 Å². The van der Waals surface area contributed by atoms with E-state index < -0.39 is 29.2 Å². The second-order valence-electron chi connectivity index (χ2n) is 4.68. The molecule has 9 nitrogen and oxygen atoms in total. The number of hydrogen-bond acceptors (Lipinski definition) is 5. The van der Waals surface area contributed by atoms with Crippen molar-refractivity contribution in [2.45, 2.75) is 6.04 Å². The standard InChI is InChI=1S/C12H14N4O5/c1-15-4-3-7(11(19)20)16(2)10(18)9(15)6-5-8(17)14-12(21)13-6/h3,5,9H,4H2,1-2H3,(H,19,20)(H2,13,14,17,21). The van der Waals surface area contributed by atoms with Gasteiger partial charge in [-0.2, -0.15) is 0 Å². The lowest BCUT2D eigenvalue weighted by atomic mass is 10.1. The second kappa shape index (κ2) is 5.37. The lowest BCUT2D eigenvalue weighted by molar-refractivity contribution is -0.140. The molecule has 3 N–H and O–H groups in total. The number of nitrogens with zero attached hydrogens (tertiary/aromatic N) is 2. The number of aliphatic carboxylic acids is 1. The van der Waals surface area contributed by atoms with Gasteiger partial charge in [-0.05, 0) is 13.1 Å². The van der Waals surface area contributed by atoms with Crippen LogP contribution in [0.5, 0.6) is 0 Å². The topological polar surface area (TPSA) is 127 Å². The number of H-pyrrole nitrogens is 2. The van der Waals surface area contributed by atoms with E-state index in [0.29, 0.717) is 0 Å². The molecule has 1 aliphatic rings. The third-order valence-corrected chi connectivity index (χ3v) is 3.23. The number of carbonyl (C=O) groups is 2. The maximum absolute atomic E-state index is 12.4. The average molecular weight is 294 g/mol. The van der Waals surface area contributed by atoms with Crippen LogP contribution in [0.2, 0.25) is 0 Å². The van der Waals surface area contributed by atoms with Crippen LogP contribution in [0.1, 0.15) is 11.7 Å². The molecule has 1 unspecified atom stereocenters. The number of carboxylic acid groups (broad SMARTS) is 1. The van der Waals surface area contributed by atoms with Gasteiger partial charge < -0.3 is 15.0 Å². The van der Waals surface area contributed by atoms with Crippen molar-refractivity contribution in [3.63, 3.8) is 0 Å². The lowest BCUT2D eigenvalue weighted by Gasteiger charge is -2.26. The number of carbonyl (C=O) groups excluding carboxylic acids is 1. The Morgan fingerprint density at radius 3 is 2.52 bits per heavy atom. The van der Waals surface area contributed by atoms with E-state index >= 15 is 0 Å². The zero-order valence-corrected chi connectivity index (χ0v) is 11.4. The van der Waals surface area contributed by atoms with Crippen molar-refractivity contribution in [3.8, 4) is 0 Å². The minimum atomic E-state index is -1.22. The first-order chi connectivity index (χ1) is 9.81. The third-order valence-electron chi connectivity index (χ3n) is 3.23. The van der Waals surface area contributed by atoms with Crippen LogP contribution in [0.3, 0.4) is 0 Å². The largest absolute Gasteiger partial charge is 0.477 e. The van der Waals surface area contributed by atoms with E-state index in [1.54, 1.807) is 11.9 Å². The van der Waals surface area contributed by atoms with E-state index in [1.807, 2.05) is 4.98 Å². The number of nitrogens with one attached hydrogen (secondary N) is 2. The van der Waals surface area contributed by atoms with Crippen LogP contribution in [0.15, 0.2) is 27.4 Å². The van der Waals surface area contributed by atoms with E-state index in [-0.39, 0.29) is 17.9 Å². The van der Waals surface area contributed by atoms with E-state index in [2.05, 4.69) is 4.98 Å². The predicted molar refractivity (Wildman–Crippen MR) is 71.5 cm³/mol. The maximum atomic E-state index is 12.4. The Balaban J connectivity index is 2.50. The van der Waals surface area contributed by atoms with Crippen molar-refractivity contribution in [1.29, 1.82) is 0 Å². The molecule has 21 heavy (non-hydrogen) atoms. The van der Waals surface area contributed by atoms with Gasteiger partial charge in [0.05, 0.1) is 5.69 Å². The molecule has 1 aromatic heterocycles. The molecule has 0 fully saturated rings. The summed E-state index contributed by atoms with van der Waals surface area (Å²) in [5.74, 6) is -1.77. The van der Waals surface area contributed by atoms with Gasteiger partial charge in [0.1, 0.15) is 11.7 Å². The van der Waals surface area contributed by atoms with Gasteiger partial charge in [-0.1, -0.05) is 0 Å². The van der Waals surface area contributed by atoms with Gasteiger partial charge in [-0.15, -0.1) is 0 Å². The molecule has 1 amide bonds. The summed E-state index contributed by atoms with van der Waals surface area (Å²) in [6, 6.07) is 0.165. The molecule has 1 aromatic rings. The number of likely N-dealkylation sites (N-methyl/N-ethyl adjacent to an activating group) is 2. The van der Waals surface area contributed by atoms with Crippen molar-refractivity contribution >= 4 is 11.9 Å². The molecule has 0 radical (unpaired) electrons. The van der Waals surface area contributed by atoms with Gasteiger partial charge in [0.2, 0.25) is 5.91 Å². The minimum absolute atomic E-state index is 0.114. The average Bonchev–Trinajstić information content (AvgIpc) is 2.47. The van der Waals surface area contributed by atoms with Crippen molar-refractivity contribution < 1.29 is 14.7 Å². The smallest absolute Gasteiger partial charge is 0.352 e. The first kappa shape index (κ1) is 14.7. The molecule has 0 spiro atoms. The fourth-order valence-electron chi connectivity index (χ4n) is 2.20. The van der Waals surface area contributed by atoms with Crippen molar-refractivity contribution in [2.24, 2.45) is 0 Å². The van der Waals surface area contributed by atoms with Gasteiger partial charge in [0.15, 0.2) is 0 Å². The summed E-state index contributed by atoms with van der Waals surface area (Å²) in [4.78, 5) is 53.2. The Hall–Kier alpha value is -2.68. The van der Waals surface area contributed by atoms with Gasteiger partial charge in [0, 0.05) is 19.7 Å². The summed E-state index contributed by atoms with van der Waals surface area (Å²) < 4.78 is 0. The summed E-state index contributed by atoms with van der Waals surface area (Å²) in [5, 5.41) is 9.09. The molecule has 0 aliphatic carbocycles. The molecule has 0 aromatic carbocycles. The van der Waals surface area contributed by atoms with E-state index in [1.165, 1.54) is 13.1 Å². The Bertz CT molecular complexity index is 703. The lowest BCUT2D eigenvalue weighted by Crippen LogP contribution is -2.40. The third kappa shape index (κ3) is 2.77. The second-order valence-corrected chi connectivity index (χ2v) is 4.68. The number of aromatic amines is 2. The normalized spacial score (nSPS) is 20.1. The molecule has 112 valence electrons. The van der Waals surface area contributed by atoms with Crippen LogP contribution in [0.25, 0.3) is 0 Å². The maximum Gasteiger partial charge on any atom is 0.352 e. The molecule has 1 aliphatic heterocycles. The Morgan fingerprint density at radius 2 is 1.95 bits per heavy atom. The molecule has 0 bridgehead atoms. The Morgan fingerprint density at radius 1 is 1.29 bits per heavy atom. The highest BCUT2D eigenvalue weighted by atomic mass is 16.4. The number of rotatable bonds is 2. The molecule has 2 heterocycles. The van der Waals surface area contributed by atoms with Gasteiger partial charge in [-0.25, -0.2) is 9.59 Å². The van der Waals surface area contributed by atoms with Gasteiger partial charge in [-0.3, -0.25) is 19.5 Å². The Kier molecular flexibility index (Phi) is 3.76. The molecule has 9 heteroatoms. The molecule has 0 saturated heterocycles. The summed E-state index contributed by atoms with van der Waals surface area (Å²) in [5.41, 5.74) is -1.39. The highest BCUT2D eigenvalue weighted by Gasteiger charge is 2.34. The Labute approximate surface area is 118 Å². The first-order valence-electron chi connectivity index (χ1n) is 6.06. The van der Waals surface area contributed by atoms with Crippen LogP contribution in [-0.2, 0) is 9.59 Å². The minimum Gasteiger partial charge on any atom is -0.477 e. The van der Waals surface area contributed by atoms with E-state index in [4.69, 9.17) is 5.11 Å². The van der Waals surface area contributed by atoms with Crippen molar-refractivity contribution in [3.05, 3.63) is 44.4 Å². The predicted octanol–water partition coefficient (Wildman–Crippen LogP) is -1.52. The fraction of sp³-hybridized carbons (Fsp3) is 0.333.